The first-order valence-electron chi connectivity index (χ1n) is 6.69. The van der Waals surface area contributed by atoms with Crippen LogP contribution in [0.4, 0.5) is 4.39 Å². The van der Waals surface area contributed by atoms with Crippen LogP contribution in [0.25, 0.3) is 0 Å². The average molecular weight is 261 g/mol. The van der Waals surface area contributed by atoms with E-state index >= 15 is 0 Å². The second kappa shape index (κ2) is 7.04. The molecule has 0 saturated heterocycles. The Morgan fingerprint density at radius 1 is 1.32 bits per heavy atom. The number of hydrogen-bond acceptors (Lipinski definition) is 2. The molecular formula is C15H20FN3. The van der Waals surface area contributed by atoms with Crippen molar-refractivity contribution in [2.75, 3.05) is 6.54 Å². The monoisotopic (exact) mass is 261 g/mol. The molecule has 19 heavy (non-hydrogen) atoms. The van der Waals surface area contributed by atoms with Crippen molar-refractivity contribution in [1.82, 2.24) is 15.1 Å². The summed E-state index contributed by atoms with van der Waals surface area (Å²) >= 11 is 0. The van der Waals surface area contributed by atoms with Gasteiger partial charge in [-0.05, 0) is 50.1 Å². The van der Waals surface area contributed by atoms with Crippen molar-refractivity contribution in [3.63, 3.8) is 0 Å². The summed E-state index contributed by atoms with van der Waals surface area (Å²) in [5, 5.41) is 7.64. The number of nitrogens with zero attached hydrogens (tertiary/aromatic N) is 2. The van der Waals surface area contributed by atoms with E-state index in [0.717, 1.165) is 31.5 Å². The number of halogens is 1. The zero-order valence-electron chi connectivity index (χ0n) is 11.2. The van der Waals surface area contributed by atoms with Crippen molar-refractivity contribution in [1.29, 1.82) is 0 Å². The predicted octanol–water partition coefficient (Wildman–Crippen LogP) is 2.63. The van der Waals surface area contributed by atoms with Gasteiger partial charge in [0.1, 0.15) is 5.82 Å². The Balaban J connectivity index is 1.64. The van der Waals surface area contributed by atoms with E-state index in [1.54, 1.807) is 6.20 Å². The number of nitrogens with one attached hydrogen (secondary N) is 1. The van der Waals surface area contributed by atoms with E-state index in [4.69, 9.17) is 0 Å². The van der Waals surface area contributed by atoms with Crippen LogP contribution in [0.5, 0.6) is 0 Å². The zero-order valence-corrected chi connectivity index (χ0v) is 11.2. The molecule has 3 nitrogen and oxygen atoms in total. The van der Waals surface area contributed by atoms with Gasteiger partial charge in [0.25, 0.3) is 0 Å². The fourth-order valence-corrected chi connectivity index (χ4v) is 2.07. The van der Waals surface area contributed by atoms with Crippen molar-refractivity contribution in [3.8, 4) is 0 Å². The molecular weight excluding hydrogens is 241 g/mol. The highest BCUT2D eigenvalue weighted by Crippen LogP contribution is 2.05. The fourth-order valence-electron chi connectivity index (χ4n) is 2.07. The van der Waals surface area contributed by atoms with Crippen LogP contribution in [0.2, 0.25) is 0 Å². The summed E-state index contributed by atoms with van der Waals surface area (Å²) in [6.45, 7) is 4.04. The first-order valence-corrected chi connectivity index (χ1v) is 6.69. The summed E-state index contributed by atoms with van der Waals surface area (Å²) < 4.78 is 14.7. The number of hydrogen-bond donors (Lipinski definition) is 1. The molecule has 1 atom stereocenters. The summed E-state index contributed by atoms with van der Waals surface area (Å²) in [4.78, 5) is 0. The lowest BCUT2D eigenvalue weighted by Gasteiger charge is -2.13. The summed E-state index contributed by atoms with van der Waals surface area (Å²) in [5.41, 5.74) is 1.16. The molecule has 1 aromatic heterocycles. The lowest BCUT2D eigenvalue weighted by molar-refractivity contribution is 0.494. The van der Waals surface area contributed by atoms with E-state index < -0.39 is 0 Å². The van der Waals surface area contributed by atoms with Gasteiger partial charge in [-0.15, -0.1) is 0 Å². The third-order valence-electron chi connectivity index (χ3n) is 3.07. The van der Waals surface area contributed by atoms with Crippen LogP contribution in [-0.2, 0) is 13.0 Å². The van der Waals surface area contributed by atoms with Gasteiger partial charge in [-0.3, -0.25) is 4.68 Å². The topological polar surface area (TPSA) is 29.9 Å². The molecule has 0 aliphatic heterocycles. The molecule has 0 radical (unpaired) electrons. The van der Waals surface area contributed by atoms with Gasteiger partial charge < -0.3 is 5.32 Å². The third kappa shape index (κ3) is 4.83. The van der Waals surface area contributed by atoms with E-state index in [-0.39, 0.29) is 5.82 Å². The Bertz CT molecular complexity index is 465. The van der Waals surface area contributed by atoms with Crippen LogP contribution in [-0.4, -0.2) is 22.4 Å². The Labute approximate surface area is 113 Å². The number of benzene rings is 1. The molecule has 1 heterocycles. The summed E-state index contributed by atoms with van der Waals surface area (Å²) in [6, 6.07) is 9.04. The molecule has 0 aliphatic rings. The van der Waals surface area contributed by atoms with Gasteiger partial charge in [0.15, 0.2) is 0 Å². The van der Waals surface area contributed by atoms with Gasteiger partial charge in [0, 0.05) is 25.0 Å². The summed E-state index contributed by atoms with van der Waals surface area (Å²) in [6.07, 6.45) is 5.74. The SMILES string of the molecule is CC(Cc1ccc(F)cc1)NCCCn1cccn1. The minimum absolute atomic E-state index is 0.177. The van der Waals surface area contributed by atoms with E-state index in [9.17, 15) is 4.39 Å². The van der Waals surface area contributed by atoms with Crippen molar-refractivity contribution in [2.24, 2.45) is 0 Å². The number of aromatic nitrogens is 2. The molecule has 4 heteroatoms. The Morgan fingerprint density at radius 3 is 2.79 bits per heavy atom. The lowest BCUT2D eigenvalue weighted by Crippen LogP contribution is -2.29. The first-order chi connectivity index (χ1) is 9.24. The summed E-state index contributed by atoms with van der Waals surface area (Å²) in [5.74, 6) is -0.177. The van der Waals surface area contributed by atoms with Crippen LogP contribution in [0, 0.1) is 5.82 Å². The van der Waals surface area contributed by atoms with Crippen molar-refractivity contribution in [2.45, 2.75) is 32.4 Å². The molecule has 102 valence electrons. The Morgan fingerprint density at radius 2 is 2.11 bits per heavy atom. The molecule has 0 saturated carbocycles. The highest BCUT2D eigenvalue weighted by molar-refractivity contribution is 5.16. The Hall–Kier alpha value is -1.68. The normalized spacial score (nSPS) is 12.5. The van der Waals surface area contributed by atoms with Crippen LogP contribution in [0.1, 0.15) is 18.9 Å². The van der Waals surface area contributed by atoms with Gasteiger partial charge in [-0.2, -0.15) is 5.10 Å². The van der Waals surface area contributed by atoms with E-state index in [1.807, 2.05) is 29.1 Å². The van der Waals surface area contributed by atoms with Crippen molar-refractivity contribution in [3.05, 3.63) is 54.1 Å². The van der Waals surface area contributed by atoms with Gasteiger partial charge in [0.2, 0.25) is 0 Å². The van der Waals surface area contributed by atoms with E-state index in [2.05, 4.69) is 17.3 Å². The zero-order chi connectivity index (χ0) is 13.5. The maximum atomic E-state index is 12.8. The molecule has 0 aliphatic carbocycles. The van der Waals surface area contributed by atoms with Crippen LogP contribution >= 0.6 is 0 Å². The maximum absolute atomic E-state index is 12.8. The molecule has 2 rings (SSSR count). The lowest BCUT2D eigenvalue weighted by atomic mass is 10.1. The fraction of sp³-hybridized carbons (Fsp3) is 0.400. The maximum Gasteiger partial charge on any atom is 0.123 e. The minimum atomic E-state index is -0.177. The number of rotatable bonds is 7. The quantitative estimate of drug-likeness (QED) is 0.776. The highest BCUT2D eigenvalue weighted by atomic mass is 19.1. The van der Waals surface area contributed by atoms with Crippen molar-refractivity contribution < 1.29 is 4.39 Å². The van der Waals surface area contributed by atoms with Gasteiger partial charge in [0.05, 0.1) is 0 Å². The molecule has 0 spiro atoms. The highest BCUT2D eigenvalue weighted by Gasteiger charge is 2.03. The van der Waals surface area contributed by atoms with Crippen LogP contribution in [0.15, 0.2) is 42.7 Å². The smallest absolute Gasteiger partial charge is 0.123 e. The second-order valence-electron chi connectivity index (χ2n) is 4.81. The standard InChI is InChI=1S/C15H20FN3/c1-13(12-14-4-6-15(16)7-5-14)17-8-2-10-19-11-3-9-18-19/h3-7,9,11,13,17H,2,8,10,12H2,1H3. The van der Waals surface area contributed by atoms with Crippen LogP contribution in [0.3, 0.4) is 0 Å². The minimum Gasteiger partial charge on any atom is -0.314 e. The summed E-state index contributed by atoms with van der Waals surface area (Å²) in [7, 11) is 0. The molecule has 1 N–H and O–H groups in total. The van der Waals surface area contributed by atoms with Crippen molar-refractivity contribution >= 4 is 0 Å². The predicted molar refractivity (Wildman–Crippen MR) is 74.4 cm³/mol. The van der Waals surface area contributed by atoms with E-state index in [0.29, 0.717) is 6.04 Å². The van der Waals surface area contributed by atoms with E-state index in [1.165, 1.54) is 12.1 Å². The first kappa shape index (κ1) is 13.7. The molecule has 1 unspecified atom stereocenters. The second-order valence-corrected chi connectivity index (χ2v) is 4.81. The molecule has 0 fully saturated rings. The average Bonchev–Trinajstić information content (AvgIpc) is 2.91. The number of aryl methyl sites for hydroxylation is 1. The Kier molecular flexibility index (Phi) is 5.10. The van der Waals surface area contributed by atoms with Gasteiger partial charge >= 0.3 is 0 Å². The van der Waals surface area contributed by atoms with Gasteiger partial charge in [-0.25, -0.2) is 4.39 Å². The molecule has 0 bridgehead atoms. The molecule has 2 aromatic rings. The van der Waals surface area contributed by atoms with Crippen LogP contribution < -0.4 is 5.32 Å². The largest absolute Gasteiger partial charge is 0.314 e. The molecule has 0 amide bonds. The third-order valence-corrected chi connectivity index (χ3v) is 3.07. The molecule has 1 aromatic carbocycles. The van der Waals surface area contributed by atoms with Gasteiger partial charge in [-0.1, -0.05) is 12.1 Å².